The van der Waals surface area contributed by atoms with Gasteiger partial charge < -0.3 is 9.80 Å². The second kappa shape index (κ2) is 5.81. The van der Waals surface area contributed by atoms with Crippen LogP contribution in [0.2, 0.25) is 0 Å². The Balaban J connectivity index is 1.81. The molecule has 0 unspecified atom stereocenters. The van der Waals surface area contributed by atoms with Crippen LogP contribution in [0.15, 0.2) is 18.3 Å². The molecule has 0 radical (unpaired) electrons. The number of amides is 1. The standard InChI is InChI=1S/C15H21N5O/c1-3-13-16-17-14-6-5-12(11-20(13)14)15(21)19-9-7-18(4-2)8-10-19/h5-6,11H,3-4,7-10H2,1-2H3. The van der Waals surface area contributed by atoms with E-state index in [1.807, 2.05) is 34.6 Å². The third kappa shape index (κ3) is 2.63. The zero-order valence-electron chi connectivity index (χ0n) is 12.6. The Kier molecular flexibility index (Phi) is 3.88. The molecule has 6 heteroatoms. The minimum Gasteiger partial charge on any atom is -0.336 e. The van der Waals surface area contributed by atoms with Gasteiger partial charge in [0, 0.05) is 38.8 Å². The molecule has 0 aromatic carbocycles. The number of carbonyl (C=O) groups is 1. The number of fused-ring (bicyclic) bond motifs is 1. The predicted molar refractivity (Wildman–Crippen MR) is 80.4 cm³/mol. The number of carbonyl (C=O) groups excluding carboxylic acids is 1. The number of aryl methyl sites for hydroxylation is 1. The molecule has 1 fully saturated rings. The van der Waals surface area contributed by atoms with E-state index in [1.54, 1.807) is 0 Å². The number of hydrogen-bond donors (Lipinski definition) is 0. The zero-order chi connectivity index (χ0) is 14.8. The maximum absolute atomic E-state index is 12.6. The number of likely N-dealkylation sites (N-methyl/N-ethyl adjacent to an activating group) is 1. The van der Waals surface area contributed by atoms with Crippen LogP contribution in [0.4, 0.5) is 0 Å². The lowest BCUT2D eigenvalue weighted by atomic mass is 10.2. The fourth-order valence-corrected chi connectivity index (χ4v) is 2.76. The van der Waals surface area contributed by atoms with Crippen molar-refractivity contribution in [2.45, 2.75) is 20.3 Å². The Bertz CT molecular complexity index is 643. The molecular formula is C15H21N5O. The van der Waals surface area contributed by atoms with Gasteiger partial charge in [0.2, 0.25) is 0 Å². The molecular weight excluding hydrogens is 266 g/mol. The van der Waals surface area contributed by atoms with Gasteiger partial charge in [0.25, 0.3) is 5.91 Å². The van der Waals surface area contributed by atoms with Crippen molar-refractivity contribution < 1.29 is 4.79 Å². The largest absolute Gasteiger partial charge is 0.336 e. The molecule has 0 bridgehead atoms. The van der Waals surface area contributed by atoms with E-state index in [1.165, 1.54) is 0 Å². The van der Waals surface area contributed by atoms with Gasteiger partial charge in [0.1, 0.15) is 5.82 Å². The normalized spacial score (nSPS) is 16.6. The highest BCUT2D eigenvalue weighted by atomic mass is 16.2. The van der Waals surface area contributed by atoms with Crippen LogP contribution in [0.1, 0.15) is 30.0 Å². The van der Waals surface area contributed by atoms with E-state index in [4.69, 9.17) is 0 Å². The minimum atomic E-state index is 0.100. The molecule has 0 atom stereocenters. The van der Waals surface area contributed by atoms with Gasteiger partial charge in [-0.1, -0.05) is 13.8 Å². The first kappa shape index (κ1) is 14.0. The van der Waals surface area contributed by atoms with Crippen molar-refractivity contribution in [3.05, 3.63) is 29.7 Å². The van der Waals surface area contributed by atoms with E-state index < -0.39 is 0 Å². The number of piperazine rings is 1. The third-order valence-corrected chi connectivity index (χ3v) is 4.14. The summed E-state index contributed by atoms with van der Waals surface area (Å²) in [5, 5.41) is 8.23. The van der Waals surface area contributed by atoms with Gasteiger partial charge in [-0.15, -0.1) is 10.2 Å². The summed E-state index contributed by atoms with van der Waals surface area (Å²) in [6, 6.07) is 3.71. The summed E-state index contributed by atoms with van der Waals surface area (Å²) in [7, 11) is 0. The molecule has 0 saturated carbocycles. The monoisotopic (exact) mass is 287 g/mol. The van der Waals surface area contributed by atoms with Gasteiger partial charge in [-0.2, -0.15) is 0 Å². The van der Waals surface area contributed by atoms with Gasteiger partial charge >= 0.3 is 0 Å². The summed E-state index contributed by atoms with van der Waals surface area (Å²) in [5.74, 6) is 0.985. The quantitative estimate of drug-likeness (QED) is 0.847. The summed E-state index contributed by atoms with van der Waals surface area (Å²) in [6.07, 6.45) is 2.66. The summed E-state index contributed by atoms with van der Waals surface area (Å²) < 4.78 is 1.91. The SMILES string of the molecule is CCc1nnc2ccc(C(=O)N3CCN(CC)CC3)cn12. The second-order valence-electron chi connectivity index (χ2n) is 5.34. The van der Waals surface area contributed by atoms with Crippen LogP contribution in [0.3, 0.4) is 0 Å². The molecule has 1 amide bonds. The maximum Gasteiger partial charge on any atom is 0.255 e. The van der Waals surface area contributed by atoms with E-state index >= 15 is 0 Å². The summed E-state index contributed by atoms with van der Waals surface area (Å²) in [6.45, 7) is 8.75. The van der Waals surface area contributed by atoms with Crippen LogP contribution >= 0.6 is 0 Å². The lowest BCUT2D eigenvalue weighted by Crippen LogP contribution is -2.48. The summed E-state index contributed by atoms with van der Waals surface area (Å²) in [5.41, 5.74) is 1.50. The summed E-state index contributed by atoms with van der Waals surface area (Å²) in [4.78, 5) is 16.9. The highest BCUT2D eigenvalue weighted by molar-refractivity contribution is 5.94. The first-order valence-corrected chi connectivity index (χ1v) is 7.58. The van der Waals surface area contributed by atoms with E-state index in [0.29, 0.717) is 5.56 Å². The fourth-order valence-electron chi connectivity index (χ4n) is 2.76. The molecule has 21 heavy (non-hydrogen) atoms. The van der Waals surface area contributed by atoms with E-state index in [9.17, 15) is 4.79 Å². The molecule has 3 rings (SSSR count). The molecule has 1 saturated heterocycles. The van der Waals surface area contributed by atoms with E-state index in [2.05, 4.69) is 22.0 Å². The Morgan fingerprint density at radius 3 is 2.57 bits per heavy atom. The Morgan fingerprint density at radius 2 is 1.90 bits per heavy atom. The van der Waals surface area contributed by atoms with Gasteiger partial charge in [-0.05, 0) is 18.7 Å². The third-order valence-electron chi connectivity index (χ3n) is 4.14. The van der Waals surface area contributed by atoms with E-state index in [0.717, 1.165) is 50.6 Å². The van der Waals surface area contributed by atoms with Crippen molar-refractivity contribution >= 4 is 11.6 Å². The average Bonchev–Trinajstić information content (AvgIpc) is 2.96. The van der Waals surface area contributed by atoms with Crippen LogP contribution < -0.4 is 0 Å². The molecule has 1 aliphatic heterocycles. The molecule has 2 aromatic heterocycles. The topological polar surface area (TPSA) is 53.7 Å². The first-order chi connectivity index (χ1) is 10.2. The molecule has 2 aromatic rings. The van der Waals surface area contributed by atoms with Crippen LogP contribution in [-0.2, 0) is 6.42 Å². The molecule has 6 nitrogen and oxygen atoms in total. The zero-order valence-corrected chi connectivity index (χ0v) is 12.6. The Morgan fingerprint density at radius 1 is 1.14 bits per heavy atom. The molecule has 112 valence electrons. The van der Waals surface area contributed by atoms with Gasteiger partial charge in [-0.3, -0.25) is 9.20 Å². The fraction of sp³-hybridized carbons (Fsp3) is 0.533. The number of nitrogens with zero attached hydrogens (tertiary/aromatic N) is 5. The number of rotatable bonds is 3. The first-order valence-electron chi connectivity index (χ1n) is 7.58. The average molecular weight is 287 g/mol. The number of hydrogen-bond acceptors (Lipinski definition) is 4. The molecule has 0 spiro atoms. The van der Waals surface area contributed by atoms with Crippen molar-refractivity contribution in [3.8, 4) is 0 Å². The van der Waals surface area contributed by atoms with Crippen LogP contribution in [0.25, 0.3) is 5.65 Å². The lowest BCUT2D eigenvalue weighted by molar-refractivity contribution is 0.0643. The van der Waals surface area contributed by atoms with Crippen LogP contribution in [-0.4, -0.2) is 63.0 Å². The number of pyridine rings is 1. The second-order valence-corrected chi connectivity index (χ2v) is 5.34. The van der Waals surface area contributed by atoms with Gasteiger partial charge in [-0.25, -0.2) is 0 Å². The van der Waals surface area contributed by atoms with Crippen LogP contribution in [0.5, 0.6) is 0 Å². The Labute approximate surface area is 124 Å². The van der Waals surface area contributed by atoms with Gasteiger partial charge in [0.05, 0.1) is 5.56 Å². The van der Waals surface area contributed by atoms with Gasteiger partial charge in [0.15, 0.2) is 5.65 Å². The predicted octanol–water partition coefficient (Wildman–Crippen LogP) is 1.07. The molecule has 0 aliphatic carbocycles. The summed E-state index contributed by atoms with van der Waals surface area (Å²) >= 11 is 0. The smallest absolute Gasteiger partial charge is 0.255 e. The Hall–Kier alpha value is -1.95. The van der Waals surface area contributed by atoms with Crippen molar-refractivity contribution in [2.75, 3.05) is 32.7 Å². The van der Waals surface area contributed by atoms with Crippen molar-refractivity contribution in [1.29, 1.82) is 0 Å². The van der Waals surface area contributed by atoms with Crippen molar-refractivity contribution in [2.24, 2.45) is 0 Å². The van der Waals surface area contributed by atoms with E-state index in [-0.39, 0.29) is 5.91 Å². The molecule has 0 N–H and O–H groups in total. The maximum atomic E-state index is 12.6. The molecule has 1 aliphatic rings. The highest BCUT2D eigenvalue weighted by Crippen LogP contribution is 2.12. The van der Waals surface area contributed by atoms with Crippen molar-refractivity contribution in [3.63, 3.8) is 0 Å². The van der Waals surface area contributed by atoms with Crippen molar-refractivity contribution in [1.82, 2.24) is 24.4 Å². The minimum absolute atomic E-state index is 0.100. The number of aromatic nitrogens is 3. The molecule has 3 heterocycles. The lowest BCUT2D eigenvalue weighted by Gasteiger charge is -2.34. The highest BCUT2D eigenvalue weighted by Gasteiger charge is 2.21. The van der Waals surface area contributed by atoms with Crippen LogP contribution in [0, 0.1) is 0 Å².